The maximum Gasteiger partial charge on any atom is 0.328 e. The van der Waals surface area contributed by atoms with E-state index in [1.807, 2.05) is 13.8 Å². The van der Waals surface area contributed by atoms with Crippen molar-refractivity contribution in [3.8, 4) is 6.19 Å². The van der Waals surface area contributed by atoms with Crippen LogP contribution in [0.1, 0.15) is 20.3 Å². The first-order valence-corrected chi connectivity index (χ1v) is 3.84. The monoisotopic (exact) mass is 170 g/mol. The summed E-state index contributed by atoms with van der Waals surface area (Å²) in [4.78, 5) is 11.0. The molecule has 0 bridgehead atoms. The van der Waals surface area contributed by atoms with Gasteiger partial charge in [-0.1, -0.05) is 13.8 Å². The van der Waals surface area contributed by atoms with Crippen molar-refractivity contribution in [1.82, 2.24) is 5.32 Å². The minimum absolute atomic E-state index is 0.356. The van der Waals surface area contributed by atoms with Crippen LogP contribution in [-0.4, -0.2) is 19.1 Å². The van der Waals surface area contributed by atoms with Crippen LogP contribution in [0.5, 0.6) is 0 Å². The van der Waals surface area contributed by atoms with Crippen LogP contribution in [-0.2, 0) is 9.53 Å². The predicted molar refractivity (Wildman–Crippen MR) is 44.0 cm³/mol. The molecule has 0 fully saturated rings. The first kappa shape index (κ1) is 10.8. The predicted octanol–water partition coefficient (Wildman–Crippen LogP) is 0.645. The number of methoxy groups -OCH3 is 1. The molecule has 12 heavy (non-hydrogen) atoms. The van der Waals surface area contributed by atoms with Gasteiger partial charge in [0, 0.05) is 0 Å². The van der Waals surface area contributed by atoms with Crippen molar-refractivity contribution in [2.24, 2.45) is 5.92 Å². The number of nitrogens with one attached hydrogen (secondary N) is 1. The van der Waals surface area contributed by atoms with E-state index in [1.165, 1.54) is 7.11 Å². The summed E-state index contributed by atoms with van der Waals surface area (Å²) in [5, 5.41) is 10.7. The van der Waals surface area contributed by atoms with Gasteiger partial charge in [0.15, 0.2) is 6.19 Å². The van der Waals surface area contributed by atoms with Gasteiger partial charge in [-0.15, -0.1) is 0 Å². The summed E-state index contributed by atoms with van der Waals surface area (Å²) in [5.74, 6) is -0.0276. The van der Waals surface area contributed by atoms with Crippen LogP contribution in [0.4, 0.5) is 0 Å². The molecule has 0 aromatic rings. The topological polar surface area (TPSA) is 62.1 Å². The summed E-state index contributed by atoms with van der Waals surface area (Å²) in [6.45, 7) is 3.96. The Morgan fingerprint density at radius 1 is 1.67 bits per heavy atom. The maximum atomic E-state index is 11.0. The number of carbonyl (C=O) groups excluding carboxylic acids is 1. The molecule has 4 heteroatoms. The summed E-state index contributed by atoms with van der Waals surface area (Å²) < 4.78 is 4.51. The van der Waals surface area contributed by atoms with Crippen molar-refractivity contribution in [3.05, 3.63) is 0 Å². The number of hydrogen-bond donors (Lipinski definition) is 1. The van der Waals surface area contributed by atoms with E-state index in [9.17, 15) is 4.79 Å². The average Bonchev–Trinajstić information content (AvgIpc) is 2.01. The normalized spacial score (nSPS) is 11.9. The summed E-state index contributed by atoms with van der Waals surface area (Å²) in [6, 6.07) is -0.500. The molecule has 1 N–H and O–H groups in total. The smallest absolute Gasteiger partial charge is 0.328 e. The minimum Gasteiger partial charge on any atom is -0.467 e. The molecule has 0 aromatic heterocycles. The van der Waals surface area contributed by atoms with Gasteiger partial charge >= 0.3 is 5.97 Å². The Morgan fingerprint density at radius 3 is 2.58 bits per heavy atom. The third-order valence-electron chi connectivity index (χ3n) is 1.43. The second-order valence-corrected chi connectivity index (χ2v) is 2.96. The highest BCUT2D eigenvalue weighted by molar-refractivity contribution is 5.75. The fraction of sp³-hybridized carbons (Fsp3) is 0.750. The fourth-order valence-electron chi connectivity index (χ4n) is 0.906. The van der Waals surface area contributed by atoms with Gasteiger partial charge in [0.2, 0.25) is 0 Å². The van der Waals surface area contributed by atoms with E-state index in [0.717, 1.165) is 0 Å². The number of nitrogens with zero attached hydrogens (tertiary/aromatic N) is 1. The van der Waals surface area contributed by atoms with Gasteiger partial charge in [-0.25, -0.2) is 4.79 Å². The van der Waals surface area contributed by atoms with Crippen molar-refractivity contribution < 1.29 is 9.53 Å². The molecule has 0 saturated heterocycles. The summed E-state index contributed by atoms with van der Waals surface area (Å²) in [5.41, 5.74) is 0. The van der Waals surface area contributed by atoms with Gasteiger partial charge in [0.05, 0.1) is 7.11 Å². The summed E-state index contributed by atoms with van der Waals surface area (Å²) >= 11 is 0. The molecule has 0 spiro atoms. The molecule has 0 aliphatic rings. The molecule has 68 valence electrons. The Kier molecular flexibility index (Phi) is 4.86. The molecular weight excluding hydrogens is 156 g/mol. The lowest BCUT2D eigenvalue weighted by molar-refractivity contribution is -0.143. The first-order chi connectivity index (χ1) is 5.61. The Bertz CT molecular complexity index is 184. The molecule has 0 aromatic carbocycles. The average molecular weight is 170 g/mol. The van der Waals surface area contributed by atoms with Crippen LogP contribution in [0.2, 0.25) is 0 Å². The van der Waals surface area contributed by atoms with Crippen LogP contribution in [0.3, 0.4) is 0 Å². The van der Waals surface area contributed by atoms with E-state index < -0.39 is 6.04 Å². The molecule has 0 rings (SSSR count). The third-order valence-corrected chi connectivity index (χ3v) is 1.43. The summed E-state index contributed by atoms with van der Waals surface area (Å²) in [7, 11) is 1.31. The molecule has 0 amide bonds. The quantitative estimate of drug-likeness (QED) is 0.382. The van der Waals surface area contributed by atoms with Gasteiger partial charge < -0.3 is 10.1 Å². The maximum absolute atomic E-state index is 11.0. The Hall–Kier alpha value is -1.24. The highest BCUT2D eigenvalue weighted by Crippen LogP contribution is 2.05. The number of esters is 1. The number of carbonyl (C=O) groups is 1. The van der Waals surface area contributed by atoms with E-state index in [1.54, 1.807) is 6.19 Å². The van der Waals surface area contributed by atoms with Crippen molar-refractivity contribution in [3.63, 3.8) is 0 Å². The molecule has 0 aliphatic heterocycles. The zero-order chi connectivity index (χ0) is 9.56. The zero-order valence-electron chi connectivity index (χ0n) is 7.63. The standard InChI is InChI=1S/C8H14N2O2/c1-6(2)4-7(10-5-9)8(11)12-3/h6-7,10H,4H2,1-3H3/t7-/m1/s1. The molecule has 0 saturated carbocycles. The first-order valence-electron chi connectivity index (χ1n) is 3.84. The minimum atomic E-state index is -0.500. The van der Waals surface area contributed by atoms with E-state index in [4.69, 9.17) is 5.26 Å². The Balaban J connectivity index is 4.05. The van der Waals surface area contributed by atoms with Gasteiger partial charge in [-0.2, -0.15) is 5.26 Å². The van der Waals surface area contributed by atoms with Gasteiger partial charge in [0.25, 0.3) is 0 Å². The van der Waals surface area contributed by atoms with Gasteiger partial charge in [-0.3, -0.25) is 0 Å². The van der Waals surface area contributed by atoms with Gasteiger partial charge in [-0.05, 0) is 12.3 Å². The number of rotatable bonds is 4. The van der Waals surface area contributed by atoms with E-state index in [2.05, 4.69) is 10.1 Å². The Labute approximate surface area is 72.5 Å². The number of hydrogen-bond acceptors (Lipinski definition) is 4. The highest BCUT2D eigenvalue weighted by Gasteiger charge is 2.19. The number of nitriles is 1. The SMILES string of the molecule is COC(=O)[C@@H](CC(C)C)NC#N. The molecular formula is C8H14N2O2. The largest absolute Gasteiger partial charge is 0.467 e. The van der Waals surface area contributed by atoms with Crippen LogP contribution in [0.15, 0.2) is 0 Å². The second kappa shape index (κ2) is 5.42. The molecule has 0 unspecified atom stereocenters. The zero-order valence-corrected chi connectivity index (χ0v) is 7.63. The van der Waals surface area contributed by atoms with E-state index in [-0.39, 0.29) is 5.97 Å². The lowest BCUT2D eigenvalue weighted by Crippen LogP contribution is -2.35. The van der Waals surface area contributed by atoms with Crippen LogP contribution < -0.4 is 5.32 Å². The molecule has 0 radical (unpaired) electrons. The fourth-order valence-corrected chi connectivity index (χ4v) is 0.906. The molecule has 4 nitrogen and oxygen atoms in total. The molecule has 0 heterocycles. The van der Waals surface area contributed by atoms with Crippen molar-refractivity contribution in [2.45, 2.75) is 26.3 Å². The van der Waals surface area contributed by atoms with Crippen LogP contribution in [0, 0.1) is 17.4 Å². The molecule has 1 atom stereocenters. The highest BCUT2D eigenvalue weighted by atomic mass is 16.5. The second-order valence-electron chi connectivity index (χ2n) is 2.96. The lowest BCUT2D eigenvalue weighted by Gasteiger charge is -2.14. The lowest BCUT2D eigenvalue weighted by atomic mass is 10.0. The number of ether oxygens (including phenoxy) is 1. The van der Waals surface area contributed by atoms with Gasteiger partial charge in [0.1, 0.15) is 6.04 Å². The van der Waals surface area contributed by atoms with Crippen LogP contribution >= 0.6 is 0 Å². The van der Waals surface area contributed by atoms with Crippen molar-refractivity contribution >= 4 is 5.97 Å². The van der Waals surface area contributed by atoms with Crippen molar-refractivity contribution in [1.29, 1.82) is 5.26 Å². The third kappa shape index (κ3) is 3.81. The Morgan fingerprint density at radius 2 is 2.25 bits per heavy atom. The molecule has 0 aliphatic carbocycles. The van der Waals surface area contributed by atoms with E-state index >= 15 is 0 Å². The summed E-state index contributed by atoms with van der Waals surface area (Å²) in [6.07, 6.45) is 2.35. The van der Waals surface area contributed by atoms with Crippen molar-refractivity contribution in [2.75, 3.05) is 7.11 Å². The van der Waals surface area contributed by atoms with E-state index in [0.29, 0.717) is 12.3 Å². The van der Waals surface area contributed by atoms with Crippen LogP contribution in [0.25, 0.3) is 0 Å².